The van der Waals surface area contributed by atoms with Crippen molar-refractivity contribution in [2.45, 2.75) is 6.55 Å². The lowest BCUT2D eigenvalue weighted by Gasteiger charge is -2.36. The average Bonchev–Trinajstić information content (AvgIpc) is 3.24. The summed E-state index contributed by atoms with van der Waals surface area (Å²) in [6.45, 7) is 2.42. The normalized spacial score (nSPS) is 13.3. The Labute approximate surface area is 176 Å². The van der Waals surface area contributed by atoms with Crippen LogP contribution < -0.4 is 15.3 Å². The second-order valence-corrected chi connectivity index (χ2v) is 10.4. The number of fused-ring (bicyclic) bond motifs is 3. The molecule has 0 N–H and O–H groups in total. The van der Waals surface area contributed by atoms with Gasteiger partial charge in [0.2, 0.25) is 5.89 Å². The number of nitrogens with zero attached hydrogens (tertiary/aromatic N) is 2. The minimum atomic E-state index is -1.19. The van der Waals surface area contributed by atoms with E-state index in [0.717, 1.165) is 22.4 Å². The van der Waals surface area contributed by atoms with E-state index < -0.39 is 8.80 Å². The maximum absolute atomic E-state index is 5.95. The van der Waals surface area contributed by atoms with Crippen LogP contribution in [0.15, 0.2) is 101 Å². The average molecular weight is 405 g/mol. The van der Waals surface area contributed by atoms with Crippen LogP contribution in [0.4, 0.5) is 17.1 Å². The first kappa shape index (κ1) is 17.2. The van der Waals surface area contributed by atoms with Crippen LogP contribution in [-0.2, 0) is 0 Å². The van der Waals surface area contributed by atoms with Crippen molar-refractivity contribution >= 4 is 47.3 Å². The van der Waals surface area contributed by atoms with Crippen LogP contribution in [0.2, 0.25) is 6.55 Å². The van der Waals surface area contributed by atoms with Crippen LogP contribution in [0.5, 0.6) is 0 Å². The van der Waals surface area contributed by atoms with Gasteiger partial charge in [0.25, 0.3) is 0 Å². The van der Waals surface area contributed by atoms with Gasteiger partial charge in [-0.1, -0.05) is 55.1 Å². The predicted octanol–water partition coefficient (Wildman–Crippen LogP) is 5.25. The molecule has 2 heterocycles. The van der Waals surface area contributed by atoms with Crippen molar-refractivity contribution in [2.24, 2.45) is 0 Å². The number of anilines is 3. The molecular formula is C26H20N2OSi. The van der Waals surface area contributed by atoms with Gasteiger partial charge in [-0.2, -0.15) is 0 Å². The molecule has 0 saturated heterocycles. The molecule has 5 aromatic rings. The Morgan fingerprint density at radius 2 is 1.30 bits per heavy atom. The highest BCUT2D eigenvalue weighted by Crippen LogP contribution is 2.36. The molecule has 30 heavy (non-hydrogen) atoms. The summed E-state index contributed by atoms with van der Waals surface area (Å²) in [7, 11) is -1.19. The standard InChI is InChI=1S/C26H20N2OSi/c1-30-24-12-6-3-9-21(24)28(22-10-4-7-13-25(22)30)19-16-14-18(15-17-19)26-27-20-8-2-5-11-23(20)29-26/h2-17,30H,1H3. The lowest BCUT2D eigenvalue weighted by atomic mass is 10.1. The Morgan fingerprint density at radius 1 is 0.700 bits per heavy atom. The minimum absolute atomic E-state index is 0.656. The second-order valence-electron chi connectivity index (χ2n) is 7.71. The highest BCUT2D eigenvalue weighted by molar-refractivity contribution is 6.87. The van der Waals surface area contributed by atoms with Gasteiger partial charge in [0.05, 0.1) is 0 Å². The molecule has 0 saturated carbocycles. The fourth-order valence-corrected chi connectivity index (χ4v) is 6.91. The van der Waals surface area contributed by atoms with Crippen LogP contribution in [0.1, 0.15) is 0 Å². The summed E-state index contributed by atoms with van der Waals surface area (Å²) in [5.41, 5.74) is 6.42. The number of hydrogen-bond donors (Lipinski definition) is 0. The molecule has 0 amide bonds. The first-order valence-corrected chi connectivity index (χ1v) is 12.5. The summed E-state index contributed by atoms with van der Waals surface area (Å²) in [5.74, 6) is 0.656. The summed E-state index contributed by atoms with van der Waals surface area (Å²) in [6, 6.07) is 34.0. The van der Waals surface area contributed by atoms with E-state index in [-0.39, 0.29) is 0 Å². The molecule has 4 aromatic carbocycles. The summed E-state index contributed by atoms with van der Waals surface area (Å²) in [5, 5.41) is 2.97. The summed E-state index contributed by atoms with van der Waals surface area (Å²) < 4.78 is 5.95. The number of para-hydroxylation sites is 4. The molecule has 1 aromatic heterocycles. The van der Waals surface area contributed by atoms with E-state index in [1.165, 1.54) is 21.7 Å². The predicted molar refractivity (Wildman–Crippen MR) is 126 cm³/mol. The molecular weight excluding hydrogens is 384 g/mol. The zero-order valence-electron chi connectivity index (χ0n) is 16.6. The van der Waals surface area contributed by atoms with E-state index in [1.807, 2.05) is 24.3 Å². The monoisotopic (exact) mass is 404 g/mol. The van der Waals surface area contributed by atoms with Crippen molar-refractivity contribution in [3.05, 3.63) is 97.1 Å². The SMILES string of the molecule is C[SiH]1c2ccccc2N(c2ccc(-c3nc4ccccc4o3)cc2)c2ccccc21. The first-order chi connectivity index (χ1) is 14.8. The van der Waals surface area contributed by atoms with Gasteiger partial charge in [-0.25, -0.2) is 4.98 Å². The Balaban J connectivity index is 1.46. The van der Waals surface area contributed by atoms with Crippen LogP contribution in [-0.4, -0.2) is 13.8 Å². The van der Waals surface area contributed by atoms with E-state index in [2.05, 4.69) is 89.2 Å². The molecule has 1 aliphatic heterocycles. The number of rotatable bonds is 2. The number of oxazole rings is 1. The van der Waals surface area contributed by atoms with Gasteiger partial charge in [-0.3, -0.25) is 0 Å². The fourth-order valence-electron chi connectivity index (χ4n) is 4.44. The van der Waals surface area contributed by atoms with Crippen molar-refractivity contribution in [1.29, 1.82) is 0 Å². The molecule has 6 rings (SSSR count). The van der Waals surface area contributed by atoms with Crippen LogP contribution >= 0.6 is 0 Å². The number of aromatic nitrogens is 1. The Morgan fingerprint density at radius 3 is 1.97 bits per heavy atom. The molecule has 0 bridgehead atoms. The highest BCUT2D eigenvalue weighted by atomic mass is 28.3. The fraction of sp³-hybridized carbons (Fsp3) is 0.0385. The summed E-state index contributed by atoms with van der Waals surface area (Å²) in [6.07, 6.45) is 0. The van der Waals surface area contributed by atoms with Gasteiger partial charge >= 0.3 is 0 Å². The first-order valence-electron chi connectivity index (χ1n) is 10.2. The Bertz CT molecular complexity index is 1290. The van der Waals surface area contributed by atoms with Gasteiger partial charge < -0.3 is 9.32 Å². The number of benzene rings is 4. The summed E-state index contributed by atoms with van der Waals surface area (Å²) >= 11 is 0. The zero-order valence-corrected chi connectivity index (χ0v) is 17.8. The molecule has 0 fully saturated rings. The lowest BCUT2D eigenvalue weighted by Crippen LogP contribution is -2.47. The minimum Gasteiger partial charge on any atom is -0.436 e. The Kier molecular flexibility index (Phi) is 3.86. The number of hydrogen-bond acceptors (Lipinski definition) is 3. The molecule has 0 atom stereocenters. The maximum Gasteiger partial charge on any atom is 0.227 e. The largest absolute Gasteiger partial charge is 0.436 e. The topological polar surface area (TPSA) is 29.3 Å². The van der Waals surface area contributed by atoms with Crippen molar-refractivity contribution in [1.82, 2.24) is 4.98 Å². The molecule has 4 heteroatoms. The van der Waals surface area contributed by atoms with Crippen molar-refractivity contribution in [3.8, 4) is 11.5 Å². The van der Waals surface area contributed by atoms with E-state index in [9.17, 15) is 0 Å². The quantitative estimate of drug-likeness (QED) is 0.376. The van der Waals surface area contributed by atoms with Crippen molar-refractivity contribution in [2.75, 3.05) is 4.90 Å². The van der Waals surface area contributed by atoms with Gasteiger partial charge in [0.1, 0.15) is 14.3 Å². The van der Waals surface area contributed by atoms with E-state index in [4.69, 9.17) is 4.42 Å². The summed E-state index contributed by atoms with van der Waals surface area (Å²) in [4.78, 5) is 7.01. The molecule has 3 nitrogen and oxygen atoms in total. The van der Waals surface area contributed by atoms with Crippen molar-refractivity contribution < 1.29 is 4.42 Å². The van der Waals surface area contributed by atoms with E-state index >= 15 is 0 Å². The third-order valence-corrected chi connectivity index (χ3v) is 8.80. The van der Waals surface area contributed by atoms with Crippen LogP contribution in [0, 0.1) is 0 Å². The molecule has 0 radical (unpaired) electrons. The second kappa shape index (κ2) is 6.71. The highest BCUT2D eigenvalue weighted by Gasteiger charge is 2.29. The van der Waals surface area contributed by atoms with Gasteiger partial charge in [0, 0.05) is 22.6 Å². The third-order valence-electron chi connectivity index (χ3n) is 5.95. The van der Waals surface area contributed by atoms with Gasteiger partial charge in [-0.15, -0.1) is 0 Å². The molecule has 0 unspecified atom stereocenters. The molecule has 0 spiro atoms. The maximum atomic E-state index is 5.95. The zero-order chi connectivity index (χ0) is 20.1. The molecule has 144 valence electrons. The van der Waals surface area contributed by atoms with E-state index in [1.54, 1.807) is 0 Å². The third kappa shape index (κ3) is 2.61. The van der Waals surface area contributed by atoms with Crippen LogP contribution in [0.3, 0.4) is 0 Å². The molecule has 1 aliphatic rings. The van der Waals surface area contributed by atoms with Gasteiger partial charge in [-0.05, 0) is 58.9 Å². The van der Waals surface area contributed by atoms with Gasteiger partial charge in [0.15, 0.2) is 5.58 Å². The van der Waals surface area contributed by atoms with E-state index in [0.29, 0.717) is 5.89 Å². The lowest BCUT2D eigenvalue weighted by molar-refractivity contribution is 0.620. The van der Waals surface area contributed by atoms with Crippen molar-refractivity contribution in [3.63, 3.8) is 0 Å². The molecule has 0 aliphatic carbocycles. The smallest absolute Gasteiger partial charge is 0.227 e. The van der Waals surface area contributed by atoms with Crippen LogP contribution in [0.25, 0.3) is 22.6 Å². The Hall–Kier alpha value is -3.63.